The predicted octanol–water partition coefficient (Wildman–Crippen LogP) is 2.20. The first kappa shape index (κ1) is 13.8. The minimum atomic E-state index is -0.203. The maximum Gasteiger partial charge on any atom is 0.268 e. The molecule has 19 heavy (non-hydrogen) atoms. The van der Waals surface area contributed by atoms with E-state index in [-0.39, 0.29) is 22.6 Å². The number of hydrogen-bond donors (Lipinski definition) is 0. The first-order chi connectivity index (χ1) is 8.93. The van der Waals surface area contributed by atoms with Crippen LogP contribution < -0.4 is 5.56 Å². The summed E-state index contributed by atoms with van der Waals surface area (Å²) in [5.41, 5.74) is 0.814. The molecule has 1 aromatic heterocycles. The molecule has 0 saturated carbocycles. The molecule has 0 N–H and O–H groups in total. The lowest BCUT2D eigenvalue weighted by Gasteiger charge is -2.25. The van der Waals surface area contributed by atoms with Gasteiger partial charge in [-0.2, -0.15) is 5.26 Å². The van der Waals surface area contributed by atoms with Gasteiger partial charge in [0.2, 0.25) is 0 Å². The summed E-state index contributed by atoms with van der Waals surface area (Å²) in [7, 11) is 0. The highest BCUT2D eigenvalue weighted by atomic mass is 16.5. The maximum absolute atomic E-state index is 12.3. The number of hydrogen-bond acceptors (Lipinski definition) is 3. The van der Waals surface area contributed by atoms with Crippen molar-refractivity contribution in [3.63, 3.8) is 0 Å². The summed E-state index contributed by atoms with van der Waals surface area (Å²) in [6, 6.07) is 5.47. The minimum absolute atomic E-state index is 0.0905. The Labute approximate surface area is 113 Å². The molecule has 102 valence electrons. The van der Waals surface area contributed by atoms with Crippen LogP contribution in [-0.4, -0.2) is 17.3 Å². The third-order valence-corrected chi connectivity index (χ3v) is 3.47. The zero-order chi connectivity index (χ0) is 14.0. The summed E-state index contributed by atoms with van der Waals surface area (Å²) in [6.07, 6.45) is 2.11. The van der Waals surface area contributed by atoms with Gasteiger partial charge in [-0.15, -0.1) is 0 Å². The zero-order valence-electron chi connectivity index (χ0n) is 11.8. The van der Waals surface area contributed by atoms with Gasteiger partial charge in [-0.05, 0) is 25.0 Å². The van der Waals surface area contributed by atoms with Crippen molar-refractivity contribution in [3.05, 3.63) is 33.7 Å². The third kappa shape index (κ3) is 2.87. The van der Waals surface area contributed by atoms with E-state index in [1.54, 1.807) is 10.6 Å². The van der Waals surface area contributed by atoms with Crippen LogP contribution in [0.5, 0.6) is 0 Å². The van der Waals surface area contributed by atoms with Crippen molar-refractivity contribution >= 4 is 0 Å². The fourth-order valence-electron chi connectivity index (χ4n) is 2.49. The zero-order valence-corrected chi connectivity index (χ0v) is 11.8. The summed E-state index contributed by atoms with van der Waals surface area (Å²) in [4.78, 5) is 12.3. The first-order valence-corrected chi connectivity index (χ1v) is 6.69. The predicted molar refractivity (Wildman–Crippen MR) is 73.1 cm³/mol. The lowest BCUT2D eigenvalue weighted by atomic mass is 9.90. The lowest BCUT2D eigenvalue weighted by Crippen LogP contribution is -2.34. The van der Waals surface area contributed by atoms with E-state index < -0.39 is 0 Å². The Bertz CT molecular complexity index is 555. The molecule has 4 heteroatoms. The van der Waals surface area contributed by atoms with Crippen LogP contribution in [0.2, 0.25) is 0 Å². The van der Waals surface area contributed by atoms with Crippen molar-refractivity contribution in [2.24, 2.45) is 0 Å². The molecule has 1 aliphatic rings. The molecule has 0 amide bonds. The number of nitriles is 1. The molecule has 1 fully saturated rings. The molecule has 2 heterocycles. The van der Waals surface area contributed by atoms with Crippen molar-refractivity contribution in [1.29, 1.82) is 5.26 Å². The van der Waals surface area contributed by atoms with Gasteiger partial charge < -0.3 is 9.30 Å². The monoisotopic (exact) mass is 260 g/mol. The maximum atomic E-state index is 12.3. The molecule has 0 aromatic carbocycles. The number of pyridine rings is 1. The summed E-state index contributed by atoms with van der Waals surface area (Å²) in [5.74, 6) is 0. The molecule has 0 aliphatic carbocycles. The van der Waals surface area contributed by atoms with Gasteiger partial charge in [0.05, 0.1) is 12.6 Å². The molecule has 1 aromatic rings. The van der Waals surface area contributed by atoms with Gasteiger partial charge in [0.25, 0.3) is 5.56 Å². The average molecular weight is 260 g/mol. The number of rotatable bonds is 2. The number of nitrogens with zero attached hydrogens (tertiary/aromatic N) is 2. The van der Waals surface area contributed by atoms with Gasteiger partial charge in [-0.1, -0.05) is 20.8 Å². The van der Waals surface area contributed by atoms with E-state index in [0.29, 0.717) is 6.54 Å². The Morgan fingerprint density at radius 1 is 1.47 bits per heavy atom. The van der Waals surface area contributed by atoms with E-state index in [9.17, 15) is 4.79 Å². The van der Waals surface area contributed by atoms with Crippen LogP contribution in [0.15, 0.2) is 16.9 Å². The van der Waals surface area contributed by atoms with E-state index in [0.717, 1.165) is 25.1 Å². The molecule has 1 saturated heterocycles. The molecule has 1 aliphatic heterocycles. The average Bonchev–Trinajstić information content (AvgIpc) is 2.83. The molecule has 0 radical (unpaired) electrons. The van der Waals surface area contributed by atoms with Gasteiger partial charge in [0, 0.05) is 17.7 Å². The van der Waals surface area contributed by atoms with Gasteiger partial charge in [-0.25, -0.2) is 0 Å². The van der Waals surface area contributed by atoms with Crippen LogP contribution in [0.4, 0.5) is 0 Å². The molecule has 1 unspecified atom stereocenters. The van der Waals surface area contributed by atoms with Crippen LogP contribution in [0.3, 0.4) is 0 Å². The Hall–Kier alpha value is -1.60. The van der Waals surface area contributed by atoms with E-state index in [1.807, 2.05) is 12.1 Å². The molecule has 4 nitrogen and oxygen atoms in total. The van der Waals surface area contributed by atoms with E-state index in [2.05, 4.69) is 20.8 Å². The van der Waals surface area contributed by atoms with Crippen molar-refractivity contribution in [3.8, 4) is 6.07 Å². The highest BCUT2D eigenvalue weighted by molar-refractivity contribution is 5.30. The summed E-state index contributed by atoms with van der Waals surface area (Å²) >= 11 is 0. The SMILES string of the molecule is CC(C)(C)c1ccc(C#N)c(=O)n1CC1CCCO1. The second kappa shape index (κ2) is 5.18. The minimum Gasteiger partial charge on any atom is -0.376 e. The fourth-order valence-corrected chi connectivity index (χ4v) is 2.49. The number of ether oxygens (including phenoxy) is 1. The standard InChI is InChI=1S/C15H20N2O2/c1-15(2,3)13-7-6-11(9-16)14(18)17(13)10-12-5-4-8-19-12/h6-7,12H,4-5,8,10H2,1-3H3. The molecular formula is C15H20N2O2. The highest BCUT2D eigenvalue weighted by Gasteiger charge is 2.24. The Morgan fingerprint density at radius 2 is 2.21 bits per heavy atom. The summed E-state index contributed by atoms with van der Waals surface area (Å²) in [6.45, 7) is 7.52. The van der Waals surface area contributed by atoms with Crippen molar-refractivity contribution < 1.29 is 4.74 Å². The highest BCUT2D eigenvalue weighted by Crippen LogP contribution is 2.23. The molecule has 1 atom stereocenters. The van der Waals surface area contributed by atoms with E-state index in [4.69, 9.17) is 10.00 Å². The third-order valence-electron chi connectivity index (χ3n) is 3.47. The number of aromatic nitrogens is 1. The van der Waals surface area contributed by atoms with E-state index in [1.165, 1.54) is 0 Å². The Kier molecular flexibility index (Phi) is 3.77. The van der Waals surface area contributed by atoms with Crippen LogP contribution in [0.1, 0.15) is 44.9 Å². The van der Waals surface area contributed by atoms with Gasteiger partial charge >= 0.3 is 0 Å². The first-order valence-electron chi connectivity index (χ1n) is 6.69. The van der Waals surface area contributed by atoms with Gasteiger partial charge in [0.15, 0.2) is 0 Å². The molecular weight excluding hydrogens is 240 g/mol. The molecule has 2 rings (SSSR count). The van der Waals surface area contributed by atoms with Gasteiger partial charge in [-0.3, -0.25) is 4.79 Å². The van der Waals surface area contributed by atoms with Crippen LogP contribution in [0.25, 0.3) is 0 Å². The normalized spacial score (nSPS) is 19.4. The molecule has 0 bridgehead atoms. The Balaban J connectivity index is 2.47. The van der Waals surface area contributed by atoms with Crippen molar-refractivity contribution in [1.82, 2.24) is 4.57 Å². The second-order valence-corrected chi connectivity index (χ2v) is 6.04. The van der Waals surface area contributed by atoms with Crippen LogP contribution in [0, 0.1) is 11.3 Å². The van der Waals surface area contributed by atoms with Crippen LogP contribution in [-0.2, 0) is 16.7 Å². The van der Waals surface area contributed by atoms with Crippen LogP contribution >= 0.6 is 0 Å². The topological polar surface area (TPSA) is 55.0 Å². The molecule has 0 spiro atoms. The van der Waals surface area contributed by atoms with Crippen molar-refractivity contribution in [2.45, 2.75) is 51.7 Å². The van der Waals surface area contributed by atoms with Gasteiger partial charge in [0.1, 0.15) is 11.6 Å². The summed E-state index contributed by atoms with van der Waals surface area (Å²) < 4.78 is 7.33. The fraction of sp³-hybridized carbons (Fsp3) is 0.600. The summed E-state index contributed by atoms with van der Waals surface area (Å²) in [5, 5.41) is 9.00. The Morgan fingerprint density at radius 3 is 2.74 bits per heavy atom. The van der Waals surface area contributed by atoms with E-state index >= 15 is 0 Å². The lowest BCUT2D eigenvalue weighted by molar-refractivity contribution is 0.0947. The quantitative estimate of drug-likeness (QED) is 0.819. The smallest absolute Gasteiger partial charge is 0.268 e. The van der Waals surface area contributed by atoms with Crippen molar-refractivity contribution in [2.75, 3.05) is 6.61 Å². The largest absolute Gasteiger partial charge is 0.376 e. The second-order valence-electron chi connectivity index (χ2n) is 6.04.